The fraction of sp³-hybridized carbons (Fsp3) is 0.517. The Morgan fingerprint density at radius 1 is 1.10 bits per heavy atom. The van der Waals surface area contributed by atoms with Gasteiger partial charge in [0, 0.05) is 12.5 Å². The van der Waals surface area contributed by atoms with Crippen molar-refractivity contribution >= 4 is 27.5 Å². The highest BCUT2D eigenvalue weighted by Gasteiger charge is 2.37. The van der Waals surface area contributed by atoms with E-state index in [1.165, 1.54) is 23.3 Å². The van der Waals surface area contributed by atoms with Crippen molar-refractivity contribution in [3.8, 4) is 0 Å². The summed E-state index contributed by atoms with van der Waals surface area (Å²) in [5, 5.41) is 11.4. The predicted octanol–water partition coefficient (Wildman–Crippen LogP) is 4.69. The summed E-state index contributed by atoms with van der Waals surface area (Å²) >= 11 is 0. The lowest BCUT2D eigenvalue weighted by atomic mass is 9.90. The SMILES string of the molecule is CC(C)(C)OC(=O)[C@@H](CC(=O)[C@H](CC1CC1)NS(=O)(=O)c1ccccc1[N+](=O)[O-])Cc1ccc2c(c1)CCC2. The maximum absolute atomic E-state index is 13.6. The number of aryl methyl sites for hydroxylation is 2. The molecule has 10 heteroatoms. The zero-order chi connectivity index (χ0) is 28.4. The van der Waals surface area contributed by atoms with Crippen LogP contribution in [0.5, 0.6) is 0 Å². The van der Waals surface area contributed by atoms with Crippen molar-refractivity contribution < 1.29 is 27.7 Å². The fourth-order valence-electron chi connectivity index (χ4n) is 5.06. The van der Waals surface area contributed by atoms with Crippen LogP contribution in [0.2, 0.25) is 0 Å². The Kier molecular flexibility index (Phi) is 8.56. The molecule has 2 atom stereocenters. The molecule has 2 aromatic carbocycles. The number of nitro benzene ring substituents is 1. The number of rotatable bonds is 12. The molecule has 2 aliphatic carbocycles. The van der Waals surface area contributed by atoms with Crippen LogP contribution in [0.1, 0.15) is 69.6 Å². The molecule has 39 heavy (non-hydrogen) atoms. The van der Waals surface area contributed by atoms with Crippen LogP contribution in [0.4, 0.5) is 5.69 Å². The minimum Gasteiger partial charge on any atom is -0.460 e. The van der Waals surface area contributed by atoms with Crippen molar-refractivity contribution in [1.29, 1.82) is 0 Å². The quantitative estimate of drug-likeness (QED) is 0.228. The van der Waals surface area contributed by atoms with Crippen LogP contribution < -0.4 is 4.72 Å². The van der Waals surface area contributed by atoms with Gasteiger partial charge in [-0.3, -0.25) is 19.7 Å². The van der Waals surface area contributed by atoms with E-state index in [4.69, 9.17) is 4.74 Å². The zero-order valence-electron chi connectivity index (χ0n) is 22.6. The molecule has 0 unspecified atom stereocenters. The lowest BCUT2D eigenvalue weighted by molar-refractivity contribution is -0.387. The number of hydrogen-bond acceptors (Lipinski definition) is 7. The number of esters is 1. The van der Waals surface area contributed by atoms with Crippen LogP contribution in [-0.4, -0.2) is 36.7 Å². The van der Waals surface area contributed by atoms with Crippen molar-refractivity contribution in [2.24, 2.45) is 11.8 Å². The van der Waals surface area contributed by atoms with Gasteiger partial charge in [-0.25, -0.2) is 13.1 Å². The predicted molar refractivity (Wildman–Crippen MR) is 146 cm³/mol. The molecule has 9 nitrogen and oxygen atoms in total. The van der Waals surface area contributed by atoms with Crippen molar-refractivity contribution in [2.75, 3.05) is 0 Å². The molecule has 0 amide bonds. The van der Waals surface area contributed by atoms with Gasteiger partial charge in [0.15, 0.2) is 10.7 Å². The standard InChI is InChI=1S/C29H36N2O7S/c1-29(2,3)38-28(33)23(16-20-13-14-21-7-6-8-22(21)15-20)18-26(32)24(17-19-11-12-19)30-39(36,37)27-10-5-4-9-25(27)31(34)35/h4-5,9-10,13-15,19,23-24,30H,6-8,11-12,16-18H2,1-3H3/t23-,24+/m1/s1. The molecular weight excluding hydrogens is 520 g/mol. The van der Waals surface area contributed by atoms with E-state index in [2.05, 4.69) is 16.9 Å². The molecule has 0 bridgehead atoms. The smallest absolute Gasteiger partial charge is 0.310 e. The van der Waals surface area contributed by atoms with E-state index >= 15 is 0 Å². The van der Waals surface area contributed by atoms with Crippen LogP contribution >= 0.6 is 0 Å². The third kappa shape index (κ3) is 7.73. The van der Waals surface area contributed by atoms with Crippen molar-refractivity contribution in [3.05, 3.63) is 69.3 Å². The van der Waals surface area contributed by atoms with E-state index in [9.17, 15) is 28.1 Å². The van der Waals surface area contributed by atoms with Gasteiger partial charge in [-0.05, 0) is 81.5 Å². The number of nitrogens with one attached hydrogen (secondary N) is 1. The minimum absolute atomic E-state index is 0.184. The van der Waals surface area contributed by atoms with E-state index in [0.717, 1.165) is 49.8 Å². The molecule has 0 spiro atoms. The average molecular weight is 557 g/mol. The summed E-state index contributed by atoms with van der Waals surface area (Å²) in [4.78, 5) is 37.0. The maximum Gasteiger partial charge on any atom is 0.310 e. The van der Waals surface area contributed by atoms with Crippen LogP contribution in [0, 0.1) is 22.0 Å². The number of benzene rings is 2. The lowest BCUT2D eigenvalue weighted by Gasteiger charge is -2.25. The Morgan fingerprint density at radius 3 is 2.46 bits per heavy atom. The van der Waals surface area contributed by atoms with Crippen molar-refractivity contribution in [2.45, 2.75) is 88.7 Å². The average Bonchev–Trinajstić information content (AvgIpc) is 3.55. The second-order valence-corrected chi connectivity index (χ2v) is 13.3. The summed E-state index contributed by atoms with van der Waals surface area (Å²) in [5.41, 5.74) is 2.17. The van der Waals surface area contributed by atoms with Gasteiger partial charge >= 0.3 is 5.97 Å². The van der Waals surface area contributed by atoms with Crippen LogP contribution in [0.15, 0.2) is 47.4 Å². The number of carbonyl (C=O) groups excluding carboxylic acids is 2. The third-order valence-corrected chi connectivity index (χ3v) is 8.66. The van der Waals surface area contributed by atoms with E-state index < -0.39 is 54.8 Å². The van der Waals surface area contributed by atoms with Gasteiger partial charge in [-0.1, -0.05) is 43.2 Å². The molecule has 2 aromatic rings. The maximum atomic E-state index is 13.6. The number of fused-ring (bicyclic) bond motifs is 1. The van der Waals surface area contributed by atoms with Crippen molar-refractivity contribution in [3.63, 3.8) is 0 Å². The Balaban J connectivity index is 1.57. The molecule has 4 rings (SSSR count). The summed E-state index contributed by atoms with van der Waals surface area (Å²) < 4.78 is 34.5. The van der Waals surface area contributed by atoms with Crippen molar-refractivity contribution in [1.82, 2.24) is 4.72 Å². The van der Waals surface area contributed by atoms with Crippen LogP contribution in [0.3, 0.4) is 0 Å². The number of nitrogens with zero attached hydrogens (tertiary/aromatic N) is 1. The van der Waals surface area contributed by atoms with Crippen LogP contribution in [0.25, 0.3) is 0 Å². The molecule has 0 aliphatic heterocycles. The van der Waals surface area contributed by atoms with Gasteiger partial charge in [-0.15, -0.1) is 0 Å². The molecular formula is C29H36N2O7S. The molecule has 1 N–H and O–H groups in total. The van der Waals surface area contributed by atoms with Gasteiger partial charge in [0.1, 0.15) is 5.60 Å². The van der Waals surface area contributed by atoms with E-state index in [-0.39, 0.29) is 18.8 Å². The fourth-order valence-corrected chi connectivity index (χ4v) is 6.47. The van der Waals surface area contributed by atoms with E-state index in [1.54, 1.807) is 20.8 Å². The Labute approximate surface area is 229 Å². The zero-order valence-corrected chi connectivity index (χ0v) is 23.5. The number of sulfonamides is 1. The third-order valence-electron chi connectivity index (χ3n) is 7.14. The van der Waals surface area contributed by atoms with Gasteiger partial charge < -0.3 is 4.74 Å². The summed E-state index contributed by atoms with van der Waals surface area (Å²) in [6.45, 7) is 5.28. The molecule has 2 aliphatic rings. The Hall–Kier alpha value is -3.11. The summed E-state index contributed by atoms with van der Waals surface area (Å²) in [5.74, 6) is -1.55. The molecule has 0 radical (unpaired) electrons. The highest BCUT2D eigenvalue weighted by atomic mass is 32.2. The molecule has 0 aromatic heterocycles. The number of Topliss-reactive ketones (excluding diaryl/α,β-unsaturated/α-hetero) is 1. The molecule has 1 saturated carbocycles. The van der Waals surface area contributed by atoms with Gasteiger partial charge in [0.2, 0.25) is 10.0 Å². The highest BCUT2D eigenvalue weighted by molar-refractivity contribution is 7.89. The van der Waals surface area contributed by atoms with Crippen LogP contribution in [-0.2, 0) is 43.6 Å². The van der Waals surface area contributed by atoms with Gasteiger partial charge in [0.25, 0.3) is 5.69 Å². The number of para-hydroxylation sites is 1. The van der Waals surface area contributed by atoms with Gasteiger partial charge in [-0.2, -0.15) is 0 Å². The first kappa shape index (κ1) is 28.9. The van der Waals surface area contributed by atoms with E-state index in [0.29, 0.717) is 6.42 Å². The normalized spacial score (nSPS) is 16.8. The summed E-state index contributed by atoms with van der Waals surface area (Å²) in [6.07, 6.45) is 5.23. The first-order chi connectivity index (χ1) is 18.3. The second-order valence-electron chi connectivity index (χ2n) is 11.6. The second kappa shape index (κ2) is 11.6. The van der Waals surface area contributed by atoms with Gasteiger partial charge in [0.05, 0.1) is 16.9 Å². The Bertz CT molecular complexity index is 1360. The lowest BCUT2D eigenvalue weighted by Crippen LogP contribution is -2.43. The first-order valence-corrected chi connectivity index (χ1v) is 14.9. The van der Waals surface area contributed by atoms with E-state index in [1.807, 2.05) is 6.07 Å². The largest absolute Gasteiger partial charge is 0.460 e. The number of nitro groups is 1. The number of carbonyl (C=O) groups is 2. The molecule has 1 fully saturated rings. The Morgan fingerprint density at radius 2 is 1.79 bits per heavy atom. The molecule has 0 saturated heterocycles. The minimum atomic E-state index is -4.38. The summed E-state index contributed by atoms with van der Waals surface area (Å²) in [7, 11) is -4.38. The molecule has 0 heterocycles. The monoisotopic (exact) mass is 556 g/mol. The topological polar surface area (TPSA) is 133 Å². The molecule has 210 valence electrons. The summed E-state index contributed by atoms with van der Waals surface area (Å²) in [6, 6.07) is 10.1. The number of ketones is 1. The highest BCUT2D eigenvalue weighted by Crippen LogP contribution is 2.35. The first-order valence-electron chi connectivity index (χ1n) is 13.4. The number of ether oxygens (including phenoxy) is 1. The number of hydrogen-bond donors (Lipinski definition) is 1.